The second-order valence-corrected chi connectivity index (χ2v) is 20.1. The molecule has 1 aliphatic heterocycles. The number of hydrogen-bond donors (Lipinski definition) is 0. The Balaban J connectivity index is 1.10. The van der Waals surface area contributed by atoms with E-state index in [9.17, 15) is 0 Å². The monoisotopic (exact) mass is 769 g/mol. The van der Waals surface area contributed by atoms with Gasteiger partial charge in [0.1, 0.15) is 0 Å². The Morgan fingerprint density at radius 2 is 1.08 bits per heavy atom. The fourth-order valence-corrected chi connectivity index (χ4v) is 15.5. The largest absolute Gasteiger partial charge is 0.309 e. The van der Waals surface area contributed by atoms with Gasteiger partial charge in [-0.1, -0.05) is 184 Å². The standard InChI is InChI=1S/C55H39N3Si/c1-55(2)46-27-15-12-24-41(46)43-34-35-44-42-25-13-16-28-47(42)58(52(44)50(43)55)38-32-30-37(31-33-38)53-56-51(36-18-6-3-7-19-36)49-45-26-14-17-29-48(45)59(54(49)57-53,39-20-8-4-9-21-39)40-22-10-5-11-23-40/h3-35H,1-2H3. The van der Waals surface area contributed by atoms with Gasteiger partial charge in [-0.15, -0.1) is 0 Å². The van der Waals surface area contributed by atoms with E-state index in [4.69, 9.17) is 9.97 Å². The highest BCUT2D eigenvalue weighted by molar-refractivity contribution is 7.21. The first-order valence-corrected chi connectivity index (χ1v) is 22.5. The van der Waals surface area contributed by atoms with Gasteiger partial charge in [0.05, 0.1) is 22.0 Å². The molecule has 278 valence electrons. The molecular formula is C55H39N3Si. The van der Waals surface area contributed by atoms with Gasteiger partial charge in [0, 0.05) is 38.6 Å². The molecule has 8 aromatic carbocycles. The zero-order valence-corrected chi connectivity index (χ0v) is 33.9. The predicted molar refractivity (Wildman–Crippen MR) is 247 cm³/mol. The number of aromatic nitrogens is 3. The summed E-state index contributed by atoms with van der Waals surface area (Å²) in [5.74, 6) is 0.741. The maximum absolute atomic E-state index is 5.76. The Bertz CT molecular complexity index is 3240. The molecule has 3 nitrogen and oxygen atoms in total. The van der Waals surface area contributed by atoms with Crippen LogP contribution in [-0.2, 0) is 5.41 Å². The Kier molecular flexibility index (Phi) is 7.29. The summed E-state index contributed by atoms with van der Waals surface area (Å²) in [4.78, 5) is 11.3. The molecule has 10 aromatic rings. The van der Waals surface area contributed by atoms with Gasteiger partial charge in [0.25, 0.3) is 0 Å². The third-order valence-electron chi connectivity index (χ3n) is 13.1. The SMILES string of the molecule is CC1(C)c2ccccc2-c2ccc3c4ccccc4n(-c4ccc(-c5nc(-c6ccccc6)c6c(n5)[Si](c5ccccc5)(c5ccccc5)c5ccccc5-6)cc4)c3c21. The molecule has 2 aromatic heterocycles. The van der Waals surface area contributed by atoms with Crippen molar-refractivity contribution in [1.82, 2.24) is 14.5 Å². The number of fused-ring (bicyclic) bond motifs is 10. The van der Waals surface area contributed by atoms with Crippen LogP contribution in [-0.4, -0.2) is 22.6 Å². The van der Waals surface area contributed by atoms with E-state index in [2.05, 4.69) is 219 Å². The maximum Gasteiger partial charge on any atom is 0.203 e. The summed E-state index contributed by atoms with van der Waals surface area (Å²) in [5.41, 5.74) is 14.3. The van der Waals surface area contributed by atoms with Crippen molar-refractivity contribution in [1.29, 1.82) is 0 Å². The van der Waals surface area contributed by atoms with Crippen LogP contribution < -0.4 is 20.9 Å². The van der Waals surface area contributed by atoms with Crippen LogP contribution in [0.5, 0.6) is 0 Å². The Labute approximate surface area is 345 Å². The first-order chi connectivity index (χ1) is 29.0. The summed E-state index contributed by atoms with van der Waals surface area (Å²) in [6.45, 7) is 4.76. The van der Waals surface area contributed by atoms with E-state index < -0.39 is 8.07 Å². The van der Waals surface area contributed by atoms with Crippen molar-refractivity contribution in [3.05, 3.63) is 211 Å². The number of benzene rings is 8. The van der Waals surface area contributed by atoms with Gasteiger partial charge in [0.2, 0.25) is 8.07 Å². The lowest BCUT2D eigenvalue weighted by Gasteiger charge is -2.30. The summed E-state index contributed by atoms with van der Waals surface area (Å²) in [6.07, 6.45) is 0. The van der Waals surface area contributed by atoms with Gasteiger partial charge < -0.3 is 4.57 Å². The van der Waals surface area contributed by atoms with Gasteiger partial charge in [-0.3, -0.25) is 0 Å². The first kappa shape index (κ1) is 33.9. The maximum atomic E-state index is 5.76. The number of rotatable bonds is 5. The molecule has 1 aliphatic carbocycles. The van der Waals surface area contributed by atoms with E-state index in [1.165, 1.54) is 65.2 Å². The summed E-state index contributed by atoms with van der Waals surface area (Å²) >= 11 is 0. The normalized spacial score (nSPS) is 14.2. The van der Waals surface area contributed by atoms with Crippen LogP contribution in [0.1, 0.15) is 25.0 Å². The van der Waals surface area contributed by atoms with Crippen molar-refractivity contribution >= 4 is 50.8 Å². The van der Waals surface area contributed by atoms with Crippen LogP contribution in [0.3, 0.4) is 0 Å². The minimum absolute atomic E-state index is 0.158. The number of nitrogens with zero attached hydrogens (tertiary/aromatic N) is 3. The minimum Gasteiger partial charge on any atom is -0.309 e. The van der Waals surface area contributed by atoms with Gasteiger partial charge in [-0.05, 0) is 73.7 Å². The van der Waals surface area contributed by atoms with E-state index >= 15 is 0 Å². The molecule has 0 atom stereocenters. The van der Waals surface area contributed by atoms with Crippen molar-refractivity contribution in [2.24, 2.45) is 0 Å². The number of para-hydroxylation sites is 1. The molecule has 0 saturated carbocycles. The molecule has 4 heteroatoms. The topological polar surface area (TPSA) is 30.7 Å². The molecule has 0 spiro atoms. The van der Waals surface area contributed by atoms with Crippen molar-refractivity contribution in [2.75, 3.05) is 0 Å². The predicted octanol–water partition coefficient (Wildman–Crippen LogP) is 10.6. The molecular weight excluding hydrogens is 731 g/mol. The molecule has 2 aliphatic rings. The molecule has 3 heterocycles. The fourth-order valence-electron chi connectivity index (χ4n) is 10.5. The third-order valence-corrected chi connectivity index (χ3v) is 17.8. The van der Waals surface area contributed by atoms with Gasteiger partial charge in [0.15, 0.2) is 5.82 Å². The fraction of sp³-hybridized carbons (Fsp3) is 0.0545. The van der Waals surface area contributed by atoms with Crippen molar-refractivity contribution in [3.63, 3.8) is 0 Å². The van der Waals surface area contributed by atoms with Gasteiger partial charge >= 0.3 is 0 Å². The lowest BCUT2D eigenvalue weighted by atomic mass is 9.81. The molecule has 0 N–H and O–H groups in total. The highest BCUT2D eigenvalue weighted by Gasteiger charge is 2.51. The van der Waals surface area contributed by atoms with Crippen molar-refractivity contribution < 1.29 is 0 Å². The molecule has 0 fully saturated rings. The molecule has 59 heavy (non-hydrogen) atoms. The highest BCUT2D eigenvalue weighted by atomic mass is 28.3. The number of hydrogen-bond acceptors (Lipinski definition) is 2. The highest BCUT2D eigenvalue weighted by Crippen LogP contribution is 2.53. The Morgan fingerprint density at radius 1 is 0.475 bits per heavy atom. The van der Waals surface area contributed by atoms with Crippen LogP contribution in [0.25, 0.3) is 72.4 Å². The smallest absolute Gasteiger partial charge is 0.203 e. The quantitative estimate of drug-likeness (QED) is 0.163. The molecule has 12 rings (SSSR count). The van der Waals surface area contributed by atoms with Crippen LogP contribution in [0.2, 0.25) is 0 Å². The Hall–Kier alpha value is -7.14. The van der Waals surface area contributed by atoms with Crippen molar-refractivity contribution in [2.45, 2.75) is 19.3 Å². The average molecular weight is 770 g/mol. The average Bonchev–Trinajstić information content (AvgIpc) is 3.88. The Morgan fingerprint density at radius 3 is 1.81 bits per heavy atom. The molecule has 0 bridgehead atoms. The summed E-state index contributed by atoms with van der Waals surface area (Å²) in [7, 11) is -2.88. The lowest BCUT2D eigenvalue weighted by molar-refractivity contribution is 0.664. The van der Waals surface area contributed by atoms with Crippen LogP contribution in [0.4, 0.5) is 0 Å². The first-order valence-electron chi connectivity index (χ1n) is 20.5. The van der Waals surface area contributed by atoms with Crippen LogP contribution >= 0.6 is 0 Å². The van der Waals surface area contributed by atoms with Crippen LogP contribution in [0, 0.1) is 0 Å². The van der Waals surface area contributed by atoms with Gasteiger partial charge in [-0.25, -0.2) is 9.97 Å². The van der Waals surface area contributed by atoms with E-state index in [0.717, 1.165) is 39.2 Å². The summed E-state index contributed by atoms with van der Waals surface area (Å²) in [6, 6.07) is 73.3. The molecule has 0 saturated heterocycles. The minimum atomic E-state index is -2.88. The zero-order chi connectivity index (χ0) is 39.3. The van der Waals surface area contributed by atoms with Gasteiger partial charge in [-0.2, -0.15) is 0 Å². The molecule has 0 unspecified atom stereocenters. The van der Waals surface area contributed by atoms with E-state index in [1.807, 2.05) is 0 Å². The summed E-state index contributed by atoms with van der Waals surface area (Å²) < 4.78 is 2.49. The lowest BCUT2D eigenvalue weighted by Crippen LogP contribution is -2.73. The zero-order valence-electron chi connectivity index (χ0n) is 32.9. The molecule has 0 amide bonds. The second-order valence-electron chi connectivity index (χ2n) is 16.5. The van der Waals surface area contributed by atoms with E-state index in [-0.39, 0.29) is 5.41 Å². The van der Waals surface area contributed by atoms with Crippen LogP contribution in [0.15, 0.2) is 200 Å². The van der Waals surface area contributed by atoms with E-state index in [1.54, 1.807) is 0 Å². The van der Waals surface area contributed by atoms with Crippen molar-refractivity contribution in [3.8, 4) is 50.6 Å². The molecule has 0 radical (unpaired) electrons. The third kappa shape index (κ3) is 4.69. The second kappa shape index (κ2) is 12.7. The van der Waals surface area contributed by atoms with E-state index in [0.29, 0.717) is 0 Å². The summed E-state index contributed by atoms with van der Waals surface area (Å²) in [5, 5.41) is 7.68.